The normalized spacial score (nSPS) is 10.5. The summed E-state index contributed by atoms with van der Waals surface area (Å²) >= 11 is 12.3. The Morgan fingerprint density at radius 3 is 2.12 bits per heavy atom. The summed E-state index contributed by atoms with van der Waals surface area (Å²) in [4.78, 5) is 0. The van der Waals surface area contributed by atoms with Gasteiger partial charge < -0.3 is 10.2 Å². The zero-order valence-corrected chi connectivity index (χ0v) is 15.0. The lowest BCUT2D eigenvalue weighted by atomic mass is 10.2. The number of para-hydroxylation sites is 1. The van der Waals surface area contributed by atoms with Gasteiger partial charge in [-0.15, -0.1) is 0 Å². The maximum absolute atomic E-state index is 6.15. The van der Waals surface area contributed by atoms with E-state index < -0.39 is 0 Å². The van der Waals surface area contributed by atoms with Gasteiger partial charge in [0.05, 0.1) is 0 Å². The standard InChI is InChI=1S/C20H18Cl2N2O/c21-19-7-4-8-20(22)18(19)14-25-17-11-9-15(10-12-17)13-23-24-16-5-2-1-3-6-16/h1-12,23-24H,13-14H2. The van der Waals surface area contributed by atoms with Crippen LogP contribution in [0.4, 0.5) is 5.69 Å². The van der Waals surface area contributed by atoms with Gasteiger partial charge in [-0.3, -0.25) is 0 Å². The van der Waals surface area contributed by atoms with E-state index in [1.165, 1.54) is 0 Å². The highest BCUT2D eigenvalue weighted by Crippen LogP contribution is 2.25. The van der Waals surface area contributed by atoms with Crippen molar-refractivity contribution in [2.75, 3.05) is 5.43 Å². The molecule has 128 valence electrons. The molecule has 0 saturated heterocycles. The van der Waals surface area contributed by atoms with Gasteiger partial charge in [-0.25, -0.2) is 5.43 Å². The number of benzene rings is 3. The highest BCUT2D eigenvalue weighted by atomic mass is 35.5. The summed E-state index contributed by atoms with van der Waals surface area (Å²) in [5.41, 5.74) is 9.31. The third-order valence-electron chi connectivity index (χ3n) is 3.67. The zero-order chi connectivity index (χ0) is 17.5. The summed E-state index contributed by atoms with van der Waals surface area (Å²) in [5, 5.41) is 1.22. The number of rotatable bonds is 7. The molecule has 0 atom stereocenters. The Labute approximate surface area is 157 Å². The molecule has 0 radical (unpaired) electrons. The van der Waals surface area contributed by atoms with Crippen molar-refractivity contribution in [3.63, 3.8) is 0 Å². The topological polar surface area (TPSA) is 33.3 Å². The molecular weight excluding hydrogens is 355 g/mol. The molecule has 5 heteroatoms. The Kier molecular flexibility index (Phi) is 6.18. The van der Waals surface area contributed by atoms with Crippen LogP contribution in [-0.2, 0) is 13.2 Å². The van der Waals surface area contributed by atoms with Crippen LogP contribution in [-0.4, -0.2) is 0 Å². The van der Waals surface area contributed by atoms with E-state index in [1.54, 1.807) is 12.1 Å². The Morgan fingerprint density at radius 1 is 0.760 bits per heavy atom. The summed E-state index contributed by atoms with van der Waals surface area (Å²) in [6.45, 7) is 1.04. The van der Waals surface area contributed by atoms with Gasteiger partial charge in [0.2, 0.25) is 0 Å². The van der Waals surface area contributed by atoms with Crippen LogP contribution in [0, 0.1) is 0 Å². The molecule has 0 unspecified atom stereocenters. The number of ether oxygens (including phenoxy) is 1. The molecule has 25 heavy (non-hydrogen) atoms. The first-order valence-corrected chi connectivity index (χ1v) is 8.66. The molecule has 0 aromatic heterocycles. The number of nitrogens with one attached hydrogen (secondary N) is 2. The predicted molar refractivity (Wildman–Crippen MR) is 104 cm³/mol. The van der Waals surface area contributed by atoms with Crippen LogP contribution in [0.3, 0.4) is 0 Å². The van der Waals surface area contributed by atoms with E-state index in [4.69, 9.17) is 27.9 Å². The maximum atomic E-state index is 6.15. The quantitative estimate of drug-likeness (QED) is 0.522. The number of hydrogen-bond donors (Lipinski definition) is 2. The van der Waals surface area contributed by atoms with Crippen LogP contribution in [0.2, 0.25) is 10.0 Å². The first kappa shape index (κ1) is 17.6. The smallest absolute Gasteiger partial charge is 0.119 e. The Bertz CT molecular complexity index is 787. The van der Waals surface area contributed by atoms with Gasteiger partial charge in [0.1, 0.15) is 12.4 Å². The molecule has 3 rings (SSSR count). The Hall–Kier alpha value is -2.20. The predicted octanol–water partition coefficient (Wildman–Crippen LogP) is 5.69. The molecule has 3 nitrogen and oxygen atoms in total. The molecule has 0 aliphatic heterocycles. The summed E-state index contributed by atoms with van der Waals surface area (Å²) < 4.78 is 5.78. The minimum atomic E-state index is 0.339. The minimum absolute atomic E-state index is 0.339. The summed E-state index contributed by atoms with van der Waals surface area (Å²) in [5.74, 6) is 0.774. The van der Waals surface area contributed by atoms with E-state index >= 15 is 0 Å². The second-order valence-corrected chi connectivity index (χ2v) is 6.29. The largest absolute Gasteiger partial charge is 0.489 e. The molecule has 0 heterocycles. The number of halogens is 2. The van der Waals surface area contributed by atoms with Crippen molar-refractivity contribution in [3.8, 4) is 5.75 Å². The van der Waals surface area contributed by atoms with Crippen molar-refractivity contribution >= 4 is 28.9 Å². The van der Waals surface area contributed by atoms with Crippen molar-refractivity contribution < 1.29 is 4.74 Å². The molecular formula is C20H18Cl2N2O. The average Bonchev–Trinajstić information content (AvgIpc) is 2.63. The van der Waals surface area contributed by atoms with Crippen LogP contribution in [0.5, 0.6) is 5.75 Å². The lowest BCUT2D eigenvalue weighted by molar-refractivity contribution is 0.306. The molecule has 0 aliphatic rings. The first-order valence-electron chi connectivity index (χ1n) is 7.91. The second kappa shape index (κ2) is 8.77. The summed E-state index contributed by atoms with van der Waals surface area (Å²) in [6, 6.07) is 23.3. The molecule has 0 aliphatic carbocycles. The Balaban J connectivity index is 1.50. The van der Waals surface area contributed by atoms with E-state index in [2.05, 4.69) is 10.9 Å². The fourth-order valence-corrected chi connectivity index (χ4v) is 2.81. The lowest BCUT2D eigenvalue weighted by Gasteiger charge is -2.11. The number of anilines is 1. The van der Waals surface area contributed by atoms with Crippen LogP contribution in [0.1, 0.15) is 11.1 Å². The molecule has 0 spiro atoms. The van der Waals surface area contributed by atoms with Gasteiger partial charge in [0.15, 0.2) is 0 Å². The molecule has 0 fully saturated rings. The van der Waals surface area contributed by atoms with Crippen molar-refractivity contribution in [1.29, 1.82) is 0 Å². The molecule has 0 amide bonds. The van der Waals surface area contributed by atoms with Crippen molar-refractivity contribution in [3.05, 3.63) is 94.0 Å². The van der Waals surface area contributed by atoms with Crippen LogP contribution >= 0.6 is 23.2 Å². The number of hydrazine groups is 1. The van der Waals surface area contributed by atoms with E-state index in [1.807, 2.05) is 60.7 Å². The zero-order valence-electron chi connectivity index (χ0n) is 13.5. The van der Waals surface area contributed by atoms with Gasteiger partial charge >= 0.3 is 0 Å². The van der Waals surface area contributed by atoms with Crippen LogP contribution in [0.15, 0.2) is 72.8 Å². The fourth-order valence-electron chi connectivity index (χ4n) is 2.30. The van der Waals surface area contributed by atoms with Crippen LogP contribution in [0.25, 0.3) is 0 Å². The lowest BCUT2D eigenvalue weighted by Crippen LogP contribution is -2.20. The van der Waals surface area contributed by atoms with Gasteiger partial charge in [-0.05, 0) is 42.0 Å². The molecule has 0 bridgehead atoms. The third-order valence-corrected chi connectivity index (χ3v) is 4.38. The monoisotopic (exact) mass is 372 g/mol. The van der Waals surface area contributed by atoms with Gasteiger partial charge in [0.25, 0.3) is 0 Å². The van der Waals surface area contributed by atoms with Gasteiger partial charge in [-0.1, -0.05) is 59.6 Å². The van der Waals surface area contributed by atoms with Crippen molar-refractivity contribution in [2.45, 2.75) is 13.2 Å². The average molecular weight is 373 g/mol. The molecule has 3 aromatic carbocycles. The highest BCUT2D eigenvalue weighted by molar-refractivity contribution is 6.35. The van der Waals surface area contributed by atoms with E-state index in [0.717, 1.165) is 22.6 Å². The SMILES string of the molecule is Clc1cccc(Cl)c1COc1ccc(CNNc2ccccc2)cc1. The second-order valence-electron chi connectivity index (χ2n) is 5.48. The van der Waals surface area contributed by atoms with Gasteiger partial charge in [-0.2, -0.15) is 0 Å². The van der Waals surface area contributed by atoms with Crippen molar-refractivity contribution in [1.82, 2.24) is 5.43 Å². The van der Waals surface area contributed by atoms with Gasteiger partial charge in [0, 0.05) is 27.8 Å². The van der Waals surface area contributed by atoms with E-state index in [0.29, 0.717) is 23.2 Å². The summed E-state index contributed by atoms with van der Waals surface area (Å²) in [7, 11) is 0. The summed E-state index contributed by atoms with van der Waals surface area (Å²) in [6.07, 6.45) is 0. The first-order chi connectivity index (χ1) is 12.2. The van der Waals surface area contributed by atoms with Crippen molar-refractivity contribution in [2.24, 2.45) is 0 Å². The highest BCUT2D eigenvalue weighted by Gasteiger charge is 2.06. The molecule has 0 saturated carbocycles. The molecule has 2 N–H and O–H groups in total. The fraction of sp³-hybridized carbons (Fsp3) is 0.100. The van der Waals surface area contributed by atoms with E-state index in [9.17, 15) is 0 Å². The minimum Gasteiger partial charge on any atom is -0.489 e. The molecule has 3 aromatic rings. The Morgan fingerprint density at radius 2 is 1.44 bits per heavy atom. The van der Waals surface area contributed by atoms with E-state index in [-0.39, 0.29) is 0 Å². The maximum Gasteiger partial charge on any atom is 0.119 e. The van der Waals surface area contributed by atoms with Crippen LogP contribution < -0.4 is 15.6 Å². The number of hydrogen-bond acceptors (Lipinski definition) is 3. The third kappa shape index (κ3) is 5.13.